The van der Waals surface area contributed by atoms with Crippen molar-refractivity contribution in [2.24, 2.45) is 0 Å². The first kappa shape index (κ1) is 18.0. The van der Waals surface area contributed by atoms with Gasteiger partial charge >= 0.3 is 6.18 Å². The van der Waals surface area contributed by atoms with Crippen LogP contribution in [-0.4, -0.2) is 37.0 Å². The topological polar surface area (TPSA) is 23.6 Å². The van der Waals surface area contributed by atoms with E-state index < -0.39 is 11.7 Å². The minimum atomic E-state index is -4.35. The van der Waals surface area contributed by atoms with Crippen molar-refractivity contribution in [2.45, 2.75) is 6.18 Å². The molecule has 2 aromatic carbocycles. The predicted molar refractivity (Wildman–Crippen MR) is 95.7 cm³/mol. The zero-order chi connectivity index (χ0) is 18.6. The van der Waals surface area contributed by atoms with Gasteiger partial charge in [0.25, 0.3) is 0 Å². The Balaban J connectivity index is 1.55. The van der Waals surface area contributed by atoms with E-state index in [4.69, 9.17) is 0 Å². The van der Waals surface area contributed by atoms with Crippen LogP contribution in [0.4, 0.5) is 18.9 Å². The maximum atomic E-state index is 12.5. The van der Waals surface area contributed by atoms with Crippen LogP contribution in [-0.2, 0) is 11.0 Å². The molecule has 6 heteroatoms. The first-order chi connectivity index (χ1) is 12.4. The summed E-state index contributed by atoms with van der Waals surface area (Å²) in [7, 11) is 0. The molecule has 1 aliphatic rings. The summed E-state index contributed by atoms with van der Waals surface area (Å²) in [5.74, 6) is -0.127. The van der Waals surface area contributed by atoms with Gasteiger partial charge in [0.2, 0.25) is 5.91 Å². The molecule has 0 bridgehead atoms. The zero-order valence-corrected chi connectivity index (χ0v) is 14.1. The van der Waals surface area contributed by atoms with E-state index >= 15 is 0 Å². The molecule has 3 nitrogen and oxygen atoms in total. The maximum Gasteiger partial charge on any atom is 0.416 e. The summed E-state index contributed by atoms with van der Waals surface area (Å²) in [5, 5.41) is 0. The van der Waals surface area contributed by atoms with Gasteiger partial charge in [0.15, 0.2) is 0 Å². The summed E-state index contributed by atoms with van der Waals surface area (Å²) in [4.78, 5) is 16.3. The second-order valence-corrected chi connectivity index (χ2v) is 6.10. The zero-order valence-electron chi connectivity index (χ0n) is 14.1. The van der Waals surface area contributed by atoms with Crippen LogP contribution in [0.3, 0.4) is 0 Å². The minimum absolute atomic E-state index is 0.127. The molecule has 1 aliphatic heterocycles. The van der Waals surface area contributed by atoms with Gasteiger partial charge < -0.3 is 9.80 Å². The third-order valence-corrected chi connectivity index (χ3v) is 4.37. The fourth-order valence-electron chi connectivity index (χ4n) is 2.88. The lowest BCUT2D eigenvalue weighted by Crippen LogP contribution is -2.48. The van der Waals surface area contributed by atoms with Crippen LogP contribution in [0, 0.1) is 0 Å². The molecule has 0 unspecified atom stereocenters. The molecular formula is C20H19F3N2O. The minimum Gasteiger partial charge on any atom is -0.368 e. The molecule has 0 radical (unpaired) electrons. The van der Waals surface area contributed by atoms with Gasteiger partial charge in [0, 0.05) is 37.9 Å². The normalized spacial score (nSPS) is 15.5. The Kier molecular flexibility index (Phi) is 5.30. The molecule has 0 atom stereocenters. The quantitative estimate of drug-likeness (QED) is 0.771. The van der Waals surface area contributed by atoms with Gasteiger partial charge in [0.1, 0.15) is 0 Å². The second kappa shape index (κ2) is 7.64. The van der Waals surface area contributed by atoms with Crippen molar-refractivity contribution in [1.82, 2.24) is 4.90 Å². The standard InChI is InChI=1S/C20H19F3N2O/c21-20(22,23)17-9-6-16(7-10-17)8-11-19(26)25-14-12-24(13-15-25)18-4-2-1-3-5-18/h1-11H,12-15H2/b11-8+. The summed E-state index contributed by atoms with van der Waals surface area (Å²) >= 11 is 0. The van der Waals surface area contributed by atoms with E-state index in [9.17, 15) is 18.0 Å². The van der Waals surface area contributed by atoms with Crippen LogP contribution in [0.5, 0.6) is 0 Å². The van der Waals surface area contributed by atoms with Crippen molar-refractivity contribution in [3.05, 3.63) is 71.8 Å². The number of piperazine rings is 1. The van der Waals surface area contributed by atoms with E-state index in [1.807, 2.05) is 30.3 Å². The lowest BCUT2D eigenvalue weighted by molar-refractivity contribution is -0.137. The van der Waals surface area contributed by atoms with E-state index in [1.54, 1.807) is 11.0 Å². The van der Waals surface area contributed by atoms with E-state index in [1.165, 1.54) is 18.2 Å². The number of alkyl halides is 3. The van der Waals surface area contributed by atoms with E-state index in [2.05, 4.69) is 4.90 Å². The SMILES string of the molecule is O=C(/C=C/c1ccc(C(F)(F)F)cc1)N1CCN(c2ccccc2)CC1. The molecule has 136 valence electrons. The van der Waals surface area contributed by atoms with Crippen LogP contribution >= 0.6 is 0 Å². The molecule has 0 saturated carbocycles. The third-order valence-electron chi connectivity index (χ3n) is 4.37. The van der Waals surface area contributed by atoms with Gasteiger partial charge in [0.05, 0.1) is 5.56 Å². The van der Waals surface area contributed by atoms with E-state index in [0.717, 1.165) is 30.9 Å². The monoisotopic (exact) mass is 360 g/mol. The molecule has 1 heterocycles. The van der Waals surface area contributed by atoms with Crippen molar-refractivity contribution in [3.63, 3.8) is 0 Å². The number of hydrogen-bond acceptors (Lipinski definition) is 2. The van der Waals surface area contributed by atoms with E-state index in [-0.39, 0.29) is 5.91 Å². The Morgan fingerprint density at radius 2 is 1.50 bits per heavy atom. The van der Waals surface area contributed by atoms with Crippen molar-refractivity contribution in [1.29, 1.82) is 0 Å². The Labute approximate surface area is 150 Å². The largest absolute Gasteiger partial charge is 0.416 e. The number of carbonyl (C=O) groups is 1. The van der Waals surface area contributed by atoms with Gasteiger partial charge in [-0.3, -0.25) is 4.79 Å². The third kappa shape index (κ3) is 4.45. The number of rotatable bonds is 3. The first-order valence-corrected chi connectivity index (χ1v) is 8.38. The molecule has 0 spiro atoms. The lowest BCUT2D eigenvalue weighted by Gasteiger charge is -2.35. The number of anilines is 1. The van der Waals surface area contributed by atoms with Crippen LogP contribution in [0.2, 0.25) is 0 Å². The molecule has 0 aliphatic carbocycles. The molecule has 3 rings (SSSR count). The van der Waals surface area contributed by atoms with Crippen LogP contribution in [0.25, 0.3) is 6.08 Å². The summed E-state index contributed by atoms with van der Waals surface area (Å²) in [6.45, 7) is 2.74. The van der Waals surface area contributed by atoms with Crippen molar-refractivity contribution >= 4 is 17.7 Å². The number of benzene rings is 2. The highest BCUT2D eigenvalue weighted by molar-refractivity contribution is 5.92. The number of para-hydroxylation sites is 1. The number of hydrogen-bond donors (Lipinski definition) is 0. The molecule has 1 fully saturated rings. The summed E-state index contributed by atoms with van der Waals surface area (Å²) in [6, 6.07) is 14.8. The number of amides is 1. The predicted octanol–water partition coefficient (Wildman–Crippen LogP) is 4.07. The molecule has 0 N–H and O–H groups in total. The van der Waals surface area contributed by atoms with Crippen molar-refractivity contribution in [3.8, 4) is 0 Å². The average molecular weight is 360 g/mol. The fraction of sp³-hybridized carbons (Fsp3) is 0.250. The van der Waals surface area contributed by atoms with Crippen LogP contribution in [0.1, 0.15) is 11.1 Å². The summed E-state index contributed by atoms with van der Waals surface area (Å²) in [6.07, 6.45) is -1.39. The number of halogens is 3. The van der Waals surface area contributed by atoms with Gasteiger partial charge in [-0.05, 0) is 35.9 Å². The highest BCUT2D eigenvalue weighted by Crippen LogP contribution is 2.29. The Hall–Kier alpha value is -2.76. The molecule has 1 amide bonds. The second-order valence-electron chi connectivity index (χ2n) is 6.10. The van der Waals surface area contributed by atoms with Gasteiger partial charge in [-0.1, -0.05) is 30.3 Å². The van der Waals surface area contributed by atoms with Crippen LogP contribution in [0.15, 0.2) is 60.7 Å². The molecule has 2 aromatic rings. The van der Waals surface area contributed by atoms with Crippen molar-refractivity contribution in [2.75, 3.05) is 31.1 Å². The smallest absolute Gasteiger partial charge is 0.368 e. The fourth-order valence-corrected chi connectivity index (χ4v) is 2.88. The summed E-state index contributed by atoms with van der Waals surface area (Å²) < 4.78 is 37.6. The maximum absolute atomic E-state index is 12.5. The molecule has 0 aromatic heterocycles. The Morgan fingerprint density at radius 3 is 2.08 bits per heavy atom. The summed E-state index contributed by atoms with van der Waals surface area (Å²) in [5.41, 5.74) is 1.01. The number of carbonyl (C=O) groups excluding carboxylic acids is 1. The lowest BCUT2D eigenvalue weighted by atomic mass is 10.1. The van der Waals surface area contributed by atoms with Gasteiger partial charge in [-0.25, -0.2) is 0 Å². The molecule has 26 heavy (non-hydrogen) atoms. The van der Waals surface area contributed by atoms with Crippen molar-refractivity contribution < 1.29 is 18.0 Å². The molecule has 1 saturated heterocycles. The van der Waals surface area contributed by atoms with E-state index in [0.29, 0.717) is 18.7 Å². The average Bonchev–Trinajstić information content (AvgIpc) is 2.66. The Morgan fingerprint density at radius 1 is 0.885 bits per heavy atom. The van der Waals surface area contributed by atoms with Gasteiger partial charge in [-0.15, -0.1) is 0 Å². The first-order valence-electron chi connectivity index (χ1n) is 8.38. The number of nitrogens with zero attached hydrogens (tertiary/aromatic N) is 2. The van der Waals surface area contributed by atoms with Crippen LogP contribution < -0.4 is 4.90 Å². The highest BCUT2D eigenvalue weighted by Gasteiger charge is 2.29. The Bertz CT molecular complexity index is 762. The van der Waals surface area contributed by atoms with Gasteiger partial charge in [-0.2, -0.15) is 13.2 Å². The highest BCUT2D eigenvalue weighted by atomic mass is 19.4. The molecular weight excluding hydrogens is 341 g/mol.